The lowest BCUT2D eigenvalue weighted by molar-refractivity contribution is -0.345. The van der Waals surface area contributed by atoms with E-state index in [1.54, 1.807) is 53.6 Å². The number of rotatable bonds is 19. The third-order valence-electron chi connectivity index (χ3n) is 14.0. The number of carbonyl (C=O) groups excluding carboxylic acids is 4. The average molecular weight is 1010 g/mol. The molecule has 3 saturated heterocycles. The zero-order valence-corrected chi connectivity index (χ0v) is 44.5. The van der Waals surface area contributed by atoms with Crippen LogP contribution in [0.25, 0.3) is 0 Å². The van der Waals surface area contributed by atoms with Gasteiger partial charge in [0, 0.05) is 67.0 Å². The molecular formula is C52H86N2O17. The molecule has 19 heteroatoms. The lowest BCUT2D eigenvalue weighted by Gasteiger charge is -2.51. The Kier molecular flexibility index (Phi) is 24.5. The fourth-order valence-corrected chi connectivity index (χ4v) is 10.2. The van der Waals surface area contributed by atoms with E-state index in [0.29, 0.717) is 32.5 Å². The van der Waals surface area contributed by atoms with Gasteiger partial charge in [-0.25, -0.2) is 0 Å². The minimum absolute atomic E-state index is 0.00796. The molecule has 3 fully saturated rings. The molecule has 71 heavy (non-hydrogen) atoms. The van der Waals surface area contributed by atoms with Crippen LogP contribution in [0.15, 0.2) is 30.3 Å². The van der Waals surface area contributed by atoms with Gasteiger partial charge in [0.25, 0.3) is 0 Å². The highest BCUT2D eigenvalue weighted by atomic mass is 16.7. The van der Waals surface area contributed by atoms with Crippen LogP contribution in [-0.2, 0) is 77.7 Å². The third-order valence-corrected chi connectivity index (χ3v) is 14.0. The number of cyclic esters (lactones) is 1. The van der Waals surface area contributed by atoms with Crippen molar-refractivity contribution in [3.05, 3.63) is 35.9 Å². The summed E-state index contributed by atoms with van der Waals surface area (Å²) in [4.78, 5) is 56.0. The van der Waals surface area contributed by atoms with Crippen LogP contribution >= 0.6 is 0 Å². The van der Waals surface area contributed by atoms with Crippen LogP contribution in [0.1, 0.15) is 112 Å². The molecule has 0 spiro atoms. The summed E-state index contributed by atoms with van der Waals surface area (Å²) in [6, 6.07) is 9.42. The van der Waals surface area contributed by atoms with Crippen LogP contribution in [0.5, 0.6) is 0 Å². The quantitative estimate of drug-likeness (QED) is 0.110. The first-order chi connectivity index (χ1) is 33.7. The van der Waals surface area contributed by atoms with Crippen LogP contribution in [-0.4, -0.2) is 191 Å². The maximum absolute atomic E-state index is 13.9. The summed E-state index contributed by atoms with van der Waals surface area (Å²) in [6.07, 6.45) is -10.2. The summed E-state index contributed by atoms with van der Waals surface area (Å²) < 4.78 is 67.8. The monoisotopic (exact) mass is 1010 g/mol. The Bertz CT molecular complexity index is 1770. The molecule has 0 saturated carbocycles. The minimum Gasteiger partial charge on any atom is -0.463 e. The molecular weight excluding hydrogens is 925 g/mol. The number of aliphatic hydroxyl groups excluding tert-OH is 2. The molecule has 4 rings (SSSR count). The predicted octanol–water partition coefficient (Wildman–Crippen LogP) is 4.58. The van der Waals surface area contributed by atoms with Gasteiger partial charge in [-0.3, -0.25) is 19.2 Å². The highest BCUT2D eigenvalue weighted by Gasteiger charge is 2.54. The molecule has 406 valence electrons. The Balaban J connectivity index is 1.73. The fraction of sp³-hybridized carbons (Fsp3) is 0.808. The number of hydrogen-bond donors (Lipinski definition) is 2. The number of β-amino-alcohol motifs (C(OH)–C–C–N with tert-alkyl or cyclic N) is 1. The van der Waals surface area contributed by atoms with Gasteiger partial charge < -0.3 is 72.1 Å². The van der Waals surface area contributed by atoms with Crippen molar-refractivity contribution in [2.75, 3.05) is 55.1 Å². The largest absolute Gasteiger partial charge is 0.463 e. The second-order valence-corrected chi connectivity index (χ2v) is 19.9. The molecule has 1 aromatic carbocycles. The first-order valence-electron chi connectivity index (χ1n) is 25.4. The topological polar surface area (TPSA) is 217 Å². The summed E-state index contributed by atoms with van der Waals surface area (Å²) in [5.41, 5.74) is -0.0994. The van der Waals surface area contributed by atoms with Gasteiger partial charge in [-0.05, 0) is 91.4 Å². The van der Waals surface area contributed by atoms with Gasteiger partial charge in [0.2, 0.25) is 0 Å². The van der Waals surface area contributed by atoms with Crippen molar-refractivity contribution in [3.63, 3.8) is 0 Å². The number of methoxy groups -OCH3 is 3. The van der Waals surface area contributed by atoms with Crippen molar-refractivity contribution in [1.29, 1.82) is 0 Å². The number of likely N-dealkylation sites (N-methyl/N-ethyl adjacent to an activating group) is 1. The van der Waals surface area contributed by atoms with E-state index in [4.69, 9.17) is 52.1 Å². The van der Waals surface area contributed by atoms with E-state index < -0.39 is 121 Å². The first kappa shape index (κ1) is 60.2. The Morgan fingerprint density at radius 2 is 1.56 bits per heavy atom. The van der Waals surface area contributed by atoms with Gasteiger partial charge >= 0.3 is 23.9 Å². The van der Waals surface area contributed by atoms with E-state index >= 15 is 0 Å². The standard InChI is InChI=1S/C52H86N2O17/c1-14-40(57)67-39-28-42(59)64-32(4)23-25-54(24-19-22-36-20-17-16-18-21-36)30-38(56)31(3)26-37(27-43(61-11)62-12)48(49(39)63-13)70-51-46(60)45(53(9)10)47(33(5)66-51)69-44-29-52(8,71-35(7)55)50(34(6)65-44)68-41(58)15-2/h16-18,20-21,31-34,37-39,43-51,56,60H,14-15,19,22-30H2,1-13H3/t31-,32-,33-,34+,37-,38+,39-,44+,45-,46-,47-,48+,49+,50+,51+,52-/m1/s1. The zero-order valence-electron chi connectivity index (χ0n) is 44.5. The van der Waals surface area contributed by atoms with E-state index in [9.17, 15) is 29.4 Å². The molecule has 3 aliphatic heterocycles. The molecule has 0 amide bonds. The van der Waals surface area contributed by atoms with Gasteiger partial charge in [0.1, 0.15) is 30.5 Å². The Morgan fingerprint density at radius 3 is 2.17 bits per heavy atom. The molecule has 16 atom stereocenters. The second-order valence-electron chi connectivity index (χ2n) is 19.9. The highest BCUT2D eigenvalue weighted by Crippen LogP contribution is 2.40. The van der Waals surface area contributed by atoms with Crippen molar-refractivity contribution < 1.29 is 81.5 Å². The van der Waals surface area contributed by atoms with E-state index in [0.717, 1.165) is 12.8 Å². The molecule has 2 N–H and O–H groups in total. The Labute approximate surface area is 421 Å². The van der Waals surface area contributed by atoms with Crippen molar-refractivity contribution in [1.82, 2.24) is 9.80 Å². The van der Waals surface area contributed by atoms with Crippen molar-refractivity contribution in [2.24, 2.45) is 11.8 Å². The van der Waals surface area contributed by atoms with Crippen LogP contribution in [0.4, 0.5) is 0 Å². The molecule has 0 aliphatic carbocycles. The lowest BCUT2D eigenvalue weighted by Crippen LogP contribution is -2.66. The van der Waals surface area contributed by atoms with Crippen LogP contribution in [0, 0.1) is 11.8 Å². The number of hydrogen-bond acceptors (Lipinski definition) is 19. The fourth-order valence-electron chi connectivity index (χ4n) is 10.2. The summed E-state index contributed by atoms with van der Waals surface area (Å²) in [6.45, 7) is 15.1. The summed E-state index contributed by atoms with van der Waals surface area (Å²) >= 11 is 0. The lowest BCUT2D eigenvalue weighted by atomic mass is 9.82. The van der Waals surface area contributed by atoms with E-state index in [1.165, 1.54) is 33.8 Å². The van der Waals surface area contributed by atoms with Gasteiger partial charge in [-0.2, -0.15) is 0 Å². The average Bonchev–Trinajstić information content (AvgIpc) is 3.31. The van der Waals surface area contributed by atoms with E-state index in [1.807, 2.05) is 32.0 Å². The van der Waals surface area contributed by atoms with E-state index in [2.05, 4.69) is 17.0 Å². The smallest absolute Gasteiger partial charge is 0.309 e. The van der Waals surface area contributed by atoms with Gasteiger partial charge in [0.15, 0.2) is 30.6 Å². The number of aliphatic hydroxyl groups is 2. The van der Waals surface area contributed by atoms with Crippen molar-refractivity contribution in [2.45, 2.75) is 205 Å². The number of nitrogens with zero attached hydrogens (tertiary/aromatic N) is 2. The number of esters is 4. The summed E-state index contributed by atoms with van der Waals surface area (Å²) in [5.74, 6) is -3.20. The van der Waals surface area contributed by atoms with Crippen molar-refractivity contribution >= 4 is 23.9 Å². The maximum Gasteiger partial charge on any atom is 0.309 e. The van der Waals surface area contributed by atoms with Crippen LogP contribution < -0.4 is 0 Å². The predicted molar refractivity (Wildman–Crippen MR) is 260 cm³/mol. The highest BCUT2D eigenvalue weighted by molar-refractivity contribution is 5.73. The van der Waals surface area contributed by atoms with Gasteiger partial charge in [-0.1, -0.05) is 51.1 Å². The maximum atomic E-state index is 13.9. The van der Waals surface area contributed by atoms with Gasteiger partial charge in [0.05, 0.1) is 36.9 Å². The molecule has 19 nitrogen and oxygen atoms in total. The molecule has 3 aliphatic rings. The van der Waals surface area contributed by atoms with Crippen LogP contribution in [0.3, 0.4) is 0 Å². The van der Waals surface area contributed by atoms with Crippen molar-refractivity contribution in [3.8, 4) is 0 Å². The summed E-state index contributed by atoms with van der Waals surface area (Å²) in [7, 11) is 8.01. The van der Waals surface area contributed by atoms with Gasteiger partial charge in [-0.15, -0.1) is 0 Å². The molecule has 1 aromatic rings. The first-order valence-corrected chi connectivity index (χ1v) is 25.4. The molecule has 0 radical (unpaired) electrons. The SMILES string of the molecule is CCC(=O)O[C@@H]1CC(=O)O[C@H](C)CCN(CCCc2ccccc2)C[C@H](O)[C@H](C)C[C@H](CC(OC)OC)[C@H](O[C@@H]2O[C@H](C)[C@@H](O[C@H]3C[C@@](C)(OC(C)=O)[C@@H](OC(=O)CC)[C@H](C)O3)[C@H](N(C)C)[C@H]2O)[C@H]1OC. The second kappa shape index (κ2) is 28.9. The molecule has 0 bridgehead atoms. The molecule has 3 heterocycles. The van der Waals surface area contributed by atoms with E-state index in [-0.39, 0.29) is 38.0 Å². The number of benzene rings is 1. The van der Waals surface area contributed by atoms with Crippen LogP contribution in [0.2, 0.25) is 0 Å². The molecule has 0 aromatic heterocycles. The number of aryl methyl sites for hydroxylation is 1. The molecule has 0 unspecified atom stereocenters. The number of carbonyl (C=O) groups is 4. The Hall–Kier alpha value is -3.34. The zero-order chi connectivity index (χ0) is 52.6. The summed E-state index contributed by atoms with van der Waals surface area (Å²) in [5, 5.41) is 24.5. The third kappa shape index (κ3) is 17.6. The normalized spacial score (nSPS) is 35.0. The minimum atomic E-state index is -1.41. The number of ether oxygens (including phenoxy) is 11. The Morgan fingerprint density at radius 1 is 0.901 bits per heavy atom.